The fraction of sp³-hybridized carbons (Fsp3) is 0.188. The number of ether oxygens (including phenoxy) is 1. The minimum atomic E-state index is 0.0278. The first kappa shape index (κ1) is 14.2. The lowest BCUT2D eigenvalue weighted by Gasteiger charge is -2.11. The first-order valence-corrected chi connectivity index (χ1v) is 7.26. The summed E-state index contributed by atoms with van der Waals surface area (Å²) in [7, 11) is 1.78. The molecule has 0 saturated heterocycles. The van der Waals surface area contributed by atoms with E-state index in [4.69, 9.17) is 27.9 Å². The molecule has 3 nitrogen and oxygen atoms in total. The number of nitrogens with zero attached hydrogens (tertiary/aromatic N) is 1. The zero-order valence-electron chi connectivity index (χ0n) is 11.4. The van der Waals surface area contributed by atoms with E-state index in [2.05, 4.69) is 0 Å². The van der Waals surface area contributed by atoms with E-state index in [1.54, 1.807) is 24.1 Å². The SMILES string of the molecule is CN1Cc2c(OCc3ccc(Cl)cc3Cl)cccc2C1=O. The second kappa shape index (κ2) is 5.58. The van der Waals surface area contributed by atoms with Crippen molar-refractivity contribution in [2.75, 3.05) is 7.05 Å². The third-order valence-corrected chi connectivity index (χ3v) is 4.09. The average molecular weight is 322 g/mol. The number of rotatable bonds is 3. The molecule has 1 aliphatic rings. The Morgan fingerprint density at radius 2 is 2.05 bits per heavy atom. The van der Waals surface area contributed by atoms with Gasteiger partial charge in [0.2, 0.25) is 0 Å². The fourth-order valence-electron chi connectivity index (χ4n) is 2.37. The Balaban J connectivity index is 1.82. The first-order valence-electron chi connectivity index (χ1n) is 6.50. The molecule has 0 saturated carbocycles. The number of carbonyl (C=O) groups excluding carboxylic acids is 1. The molecule has 0 aromatic heterocycles. The molecular weight excluding hydrogens is 309 g/mol. The van der Waals surface area contributed by atoms with Gasteiger partial charge in [0, 0.05) is 33.8 Å². The normalized spacial score (nSPS) is 13.5. The second-order valence-corrected chi connectivity index (χ2v) is 5.81. The lowest BCUT2D eigenvalue weighted by atomic mass is 10.1. The number of carbonyl (C=O) groups is 1. The molecule has 2 aromatic carbocycles. The highest BCUT2D eigenvalue weighted by Crippen LogP contribution is 2.31. The van der Waals surface area contributed by atoms with Crippen LogP contribution in [0, 0.1) is 0 Å². The molecule has 2 aromatic rings. The van der Waals surface area contributed by atoms with Crippen molar-refractivity contribution < 1.29 is 9.53 Å². The zero-order chi connectivity index (χ0) is 15.0. The Bertz CT molecular complexity index is 715. The highest BCUT2D eigenvalue weighted by Gasteiger charge is 2.27. The Morgan fingerprint density at radius 1 is 1.24 bits per heavy atom. The summed E-state index contributed by atoms with van der Waals surface area (Å²) in [6.07, 6.45) is 0. The topological polar surface area (TPSA) is 29.5 Å². The lowest BCUT2D eigenvalue weighted by Crippen LogP contribution is -2.17. The van der Waals surface area contributed by atoms with E-state index in [9.17, 15) is 4.79 Å². The summed E-state index contributed by atoms with van der Waals surface area (Å²) >= 11 is 12.0. The van der Waals surface area contributed by atoms with E-state index < -0.39 is 0 Å². The van der Waals surface area contributed by atoms with Gasteiger partial charge in [0.05, 0.1) is 6.54 Å². The van der Waals surface area contributed by atoms with Crippen LogP contribution in [0.2, 0.25) is 10.0 Å². The van der Waals surface area contributed by atoms with Crippen molar-refractivity contribution in [1.29, 1.82) is 0 Å². The minimum Gasteiger partial charge on any atom is -0.488 e. The van der Waals surface area contributed by atoms with E-state index in [1.807, 2.05) is 24.3 Å². The first-order chi connectivity index (χ1) is 10.1. The summed E-state index contributed by atoms with van der Waals surface area (Å²) in [6, 6.07) is 10.8. The third kappa shape index (κ3) is 2.71. The predicted octanol–water partition coefficient (Wildman–Crippen LogP) is 4.16. The highest BCUT2D eigenvalue weighted by atomic mass is 35.5. The molecule has 0 unspecified atom stereocenters. The molecule has 0 N–H and O–H groups in total. The number of fused-ring (bicyclic) bond motifs is 1. The van der Waals surface area contributed by atoms with Gasteiger partial charge in [0.15, 0.2) is 0 Å². The van der Waals surface area contributed by atoms with Gasteiger partial charge in [-0.25, -0.2) is 0 Å². The number of amides is 1. The standard InChI is InChI=1S/C16H13Cl2NO2/c1-19-8-13-12(16(19)20)3-2-4-15(13)21-9-10-5-6-11(17)7-14(10)18/h2-7H,8-9H2,1H3. The van der Waals surface area contributed by atoms with Crippen LogP contribution in [-0.4, -0.2) is 17.9 Å². The average Bonchev–Trinajstić information content (AvgIpc) is 2.74. The van der Waals surface area contributed by atoms with Crippen molar-refractivity contribution in [3.63, 3.8) is 0 Å². The molecule has 108 valence electrons. The highest BCUT2D eigenvalue weighted by molar-refractivity contribution is 6.35. The summed E-state index contributed by atoms with van der Waals surface area (Å²) in [6.45, 7) is 0.906. The summed E-state index contributed by atoms with van der Waals surface area (Å²) < 4.78 is 5.85. The van der Waals surface area contributed by atoms with Crippen LogP contribution in [0.4, 0.5) is 0 Å². The molecule has 0 aliphatic carbocycles. The Labute approximate surface area is 133 Å². The molecule has 0 spiro atoms. The quantitative estimate of drug-likeness (QED) is 0.849. The number of halogens is 2. The second-order valence-electron chi connectivity index (χ2n) is 4.97. The molecule has 3 rings (SSSR count). The van der Waals surface area contributed by atoms with E-state index in [0.717, 1.165) is 16.9 Å². The van der Waals surface area contributed by atoms with Crippen LogP contribution in [0.15, 0.2) is 36.4 Å². The Kier molecular flexibility index (Phi) is 3.79. The largest absolute Gasteiger partial charge is 0.488 e. The van der Waals surface area contributed by atoms with Crippen LogP contribution < -0.4 is 4.74 Å². The van der Waals surface area contributed by atoms with Crippen LogP contribution in [0.1, 0.15) is 21.5 Å². The van der Waals surface area contributed by atoms with Crippen molar-refractivity contribution in [3.05, 3.63) is 63.1 Å². The number of benzene rings is 2. The summed E-state index contributed by atoms with van der Waals surface area (Å²) in [5, 5.41) is 1.17. The van der Waals surface area contributed by atoms with E-state index in [1.165, 1.54) is 0 Å². The Morgan fingerprint density at radius 3 is 2.81 bits per heavy atom. The summed E-state index contributed by atoms with van der Waals surface area (Å²) in [4.78, 5) is 13.6. The number of hydrogen-bond donors (Lipinski definition) is 0. The third-order valence-electron chi connectivity index (χ3n) is 3.50. The molecule has 1 aliphatic heterocycles. The molecule has 0 bridgehead atoms. The monoisotopic (exact) mass is 321 g/mol. The fourth-order valence-corrected chi connectivity index (χ4v) is 2.84. The maximum absolute atomic E-state index is 11.9. The van der Waals surface area contributed by atoms with Crippen LogP contribution in [0.25, 0.3) is 0 Å². The predicted molar refractivity (Wildman–Crippen MR) is 83.0 cm³/mol. The van der Waals surface area contributed by atoms with Crippen LogP contribution in [-0.2, 0) is 13.2 Å². The summed E-state index contributed by atoms with van der Waals surface area (Å²) in [5.41, 5.74) is 2.49. The van der Waals surface area contributed by atoms with Gasteiger partial charge in [-0.15, -0.1) is 0 Å². The molecule has 21 heavy (non-hydrogen) atoms. The van der Waals surface area contributed by atoms with Gasteiger partial charge in [-0.2, -0.15) is 0 Å². The van der Waals surface area contributed by atoms with Crippen molar-refractivity contribution in [1.82, 2.24) is 4.90 Å². The maximum atomic E-state index is 11.9. The van der Waals surface area contributed by atoms with Crippen molar-refractivity contribution in [3.8, 4) is 5.75 Å². The zero-order valence-corrected chi connectivity index (χ0v) is 12.9. The Hall–Kier alpha value is -1.71. The molecular formula is C16H13Cl2NO2. The lowest BCUT2D eigenvalue weighted by molar-refractivity contribution is 0.0816. The molecule has 0 fully saturated rings. The van der Waals surface area contributed by atoms with Gasteiger partial charge in [0.25, 0.3) is 5.91 Å². The summed E-state index contributed by atoms with van der Waals surface area (Å²) in [5.74, 6) is 0.746. The van der Waals surface area contributed by atoms with Gasteiger partial charge in [-0.3, -0.25) is 4.79 Å². The van der Waals surface area contributed by atoms with E-state index in [0.29, 0.717) is 28.8 Å². The van der Waals surface area contributed by atoms with Gasteiger partial charge in [0.1, 0.15) is 12.4 Å². The molecule has 5 heteroatoms. The van der Waals surface area contributed by atoms with Crippen molar-refractivity contribution in [2.45, 2.75) is 13.2 Å². The maximum Gasteiger partial charge on any atom is 0.254 e. The van der Waals surface area contributed by atoms with Gasteiger partial charge in [-0.05, 0) is 24.3 Å². The van der Waals surface area contributed by atoms with E-state index in [-0.39, 0.29) is 5.91 Å². The number of hydrogen-bond acceptors (Lipinski definition) is 2. The molecule has 1 amide bonds. The molecule has 0 atom stereocenters. The van der Waals surface area contributed by atoms with Gasteiger partial charge < -0.3 is 9.64 Å². The van der Waals surface area contributed by atoms with Crippen LogP contribution in [0.3, 0.4) is 0 Å². The molecule has 1 heterocycles. The van der Waals surface area contributed by atoms with Crippen molar-refractivity contribution in [2.24, 2.45) is 0 Å². The van der Waals surface area contributed by atoms with Gasteiger partial charge >= 0.3 is 0 Å². The molecule has 0 radical (unpaired) electrons. The minimum absolute atomic E-state index is 0.0278. The van der Waals surface area contributed by atoms with Crippen LogP contribution in [0.5, 0.6) is 5.75 Å². The van der Waals surface area contributed by atoms with Crippen molar-refractivity contribution >= 4 is 29.1 Å². The van der Waals surface area contributed by atoms with Crippen LogP contribution >= 0.6 is 23.2 Å². The van der Waals surface area contributed by atoms with E-state index >= 15 is 0 Å². The van der Waals surface area contributed by atoms with Gasteiger partial charge in [-0.1, -0.05) is 35.3 Å². The smallest absolute Gasteiger partial charge is 0.254 e.